The number of fused-ring (bicyclic) bond motifs is 1. The van der Waals surface area contributed by atoms with E-state index in [0.29, 0.717) is 11.8 Å². The van der Waals surface area contributed by atoms with Crippen molar-refractivity contribution in [2.24, 2.45) is 11.3 Å². The number of halogens is 2. The van der Waals surface area contributed by atoms with E-state index in [0.717, 1.165) is 30.5 Å². The molecule has 2 atom stereocenters. The molecule has 1 aliphatic carbocycles. The highest BCUT2D eigenvalue weighted by Gasteiger charge is 2.50. The second-order valence-electron chi connectivity index (χ2n) is 6.12. The van der Waals surface area contributed by atoms with E-state index in [9.17, 15) is 4.79 Å². The van der Waals surface area contributed by atoms with E-state index in [1.54, 1.807) is 11.3 Å². The SMILES string of the molecule is CN(Cc1cc(Br)cs1)C(=O)[C@@]12CCCC[C@H]1CNC2.Cl. The minimum absolute atomic E-state index is 0. The molecule has 1 saturated heterocycles. The molecular formula is C15H22BrClN2OS. The van der Waals surface area contributed by atoms with Crippen LogP contribution < -0.4 is 5.32 Å². The van der Waals surface area contributed by atoms with Gasteiger partial charge in [0.25, 0.3) is 0 Å². The van der Waals surface area contributed by atoms with Crippen LogP contribution in [-0.2, 0) is 11.3 Å². The minimum Gasteiger partial charge on any atom is -0.340 e. The predicted molar refractivity (Wildman–Crippen MR) is 93.0 cm³/mol. The normalized spacial score (nSPS) is 27.8. The quantitative estimate of drug-likeness (QED) is 0.850. The number of carbonyl (C=O) groups is 1. The number of carbonyl (C=O) groups excluding carboxylic acids is 1. The Kier molecular flexibility index (Phi) is 5.74. The lowest BCUT2D eigenvalue weighted by atomic mass is 9.67. The molecule has 1 aliphatic heterocycles. The van der Waals surface area contributed by atoms with Crippen molar-refractivity contribution in [3.8, 4) is 0 Å². The van der Waals surface area contributed by atoms with Gasteiger partial charge in [-0.15, -0.1) is 23.7 Å². The van der Waals surface area contributed by atoms with E-state index in [4.69, 9.17) is 0 Å². The van der Waals surface area contributed by atoms with Gasteiger partial charge in [-0.3, -0.25) is 4.79 Å². The van der Waals surface area contributed by atoms with Crippen molar-refractivity contribution in [3.05, 3.63) is 20.8 Å². The Morgan fingerprint density at radius 1 is 1.57 bits per heavy atom. The zero-order chi connectivity index (χ0) is 14.2. The maximum atomic E-state index is 13.0. The summed E-state index contributed by atoms with van der Waals surface area (Å²) in [6.45, 7) is 2.61. The smallest absolute Gasteiger partial charge is 0.230 e. The number of nitrogens with one attached hydrogen (secondary N) is 1. The summed E-state index contributed by atoms with van der Waals surface area (Å²) in [5, 5.41) is 5.53. The van der Waals surface area contributed by atoms with Crippen LogP contribution in [0.4, 0.5) is 0 Å². The molecule has 1 saturated carbocycles. The van der Waals surface area contributed by atoms with Gasteiger partial charge in [-0.1, -0.05) is 12.8 Å². The van der Waals surface area contributed by atoms with Crippen LogP contribution in [-0.4, -0.2) is 30.9 Å². The number of rotatable bonds is 3. The van der Waals surface area contributed by atoms with E-state index >= 15 is 0 Å². The minimum atomic E-state index is -0.124. The zero-order valence-electron chi connectivity index (χ0n) is 12.2. The highest BCUT2D eigenvalue weighted by Crippen LogP contribution is 2.45. The van der Waals surface area contributed by atoms with Gasteiger partial charge in [0.2, 0.25) is 5.91 Å². The summed E-state index contributed by atoms with van der Waals surface area (Å²) in [5.41, 5.74) is -0.124. The molecule has 6 heteroatoms. The third kappa shape index (κ3) is 3.31. The summed E-state index contributed by atoms with van der Waals surface area (Å²) < 4.78 is 1.11. The fraction of sp³-hybridized carbons (Fsp3) is 0.667. The molecule has 118 valence electrons. The van der Waals surface area contributed by atoms with Crippen LogP contribution >= 0.6 is 39.7 Å². The van der Waals surface area contributed by atoms with Crippen molar-refractivity contribution in [1.82, 2.24) is 10.2 Å². The number of thiophene rings is 1. The van der Waals surface area contributed by atoms with Crippen LogP contribution in [0.1, 0.15) is 30.6 Å². The average molecular weight is 394 g/mol. The maximum absolute atomic E-state index is 13.0. The zero-order valence-corrected chi connectivity index (χ0v) is 15.5. The Bertz CT molecular complexity index is 510. The summed E-state index contributed by atoms with van der Waals surface area (Å²) in [4.78, 5) is 16.2. The third-order valence-electron chi connectivity index (χ3n) is 4.83. The average Bonchev–Trinajstić information content (AvgIpc) is 3.04. The lowest BCUT2D eigenvalue weighted by molar-refractivity contribution is -0.144. The monoisotopic (exact) mass is 392 g/mol. The van der Waals surface area contributed by atoms with E-state index < -0.39 is 0 Å². The lowest BCUT2D eigenvalue weighted by Crippen LogP contribution is -2.48. The van der Waals surface area contributed by atoms with Gasteiger partial charge in [-0.25, -0.2) is 0 Å². The van der Waals surface area contributed by atoms with Crippen molar-refractivity contribution in [3.63, 3.8) is 0 Å². The van der Waals surface area contributed by atoms with Crippen molar-refractivity contribution in [2.75, 3.05) is 20.1 Å². The highest BCUT2D eigenvalue weighted by molar-refractivity contribution is 9.10. The first kappa shape index (κ1) is 17.3. The molecule has 21 heavy (non-hydrogen) atoms. The summed E-state index contributed by atoms with van der Waals surface area (Å²) in [5.74, 6) is 0.887. The molecule has 3 nitrogen and oxygen atoms in total. The van der Waals surface area contributed by atoms with Crippen LogP contribution in [0.25, 0.3) is 0 Å². The number of hydrogen-bond acceptors (Lipinski definition) is 3. The molecule has 0 spiro atoms. The van der Waals surface area contributed by atoms with Crippen molar-refractivity contribution in [1.29, 1.82) is 0 Å². The number of hydrogen-bond donors (Lipinski definition) is 1. The largest absolute Gasteiger partial charge is 0.340 e. The van der Waals surface area contributed by atoms with E-state index in [1.165, 1.54) is 24.1 Å². The lowest BCUT2D eigenvalue weighted by Gasteiger charge is -2.39. The molecule has 0 unspecified atom stereocenters. The van der Waals surface area contributed by atoms with E-state index in [2.05, 4.69) is 32.7 Å². The molecule has 1 N–H and O–H groups in total. The van der Waals surface area contributed by atoms with Gasteiger partial charge in [-0.2, -0.15) is 0 Å². The first-order valence-electron chi connectivity index (χ1n) is 7.31. The Hall–Kier alpha value is -0.100. The highest BCUT2D eigenvalue weighted by atomic mass is 79.9. The van der Waals surface area contributed by atoms with Crippen molar-refractivity contribution in [2.45, 2.75) is 32.2 Å². The van der Waals surface area contributed by atoms with Gasteiger partial charge in [0.1, 0.15) is 0 Å². The molecule has 2 fully saturated rings. The van der Waals surface area contributed by atoms with Crippen LogP contribution in [0.2, 0.25) is 0 Å². The molecule has 1 aromatic heterocycles. The standard InChI is InChI=1S/C15H21BrN2OS.ClH/c1-18(8-13-6-12(16)9-20-13)14(19)15-5-3-2-4-11(15)7-17-10-15;/h6,9,11,17H,2-5,7-8,10H2,1H3;1H/t11-,15+;/m0./s1. The summed E-state index contributed by atoms with van der Waals surface area (Å²) in [7, 11) is 1.95. The molecule has 1 aromatic rings. The van der Waals surface area contributed by atoms with E-state index in [1.807, 2.05) is 11.9 Å². The Morgan fingerprint density at radius 2 is 2.38 bits per heavy atom. The van der Waals surface area contributed by atoms with Crippen molar-refractivity contribution < 1.29 is 4.79 Å². The second kappa shape index (κ2) is 6.99. The molecule has 1 amide bonds. The van der Waals surface area contributed by atoms with Crippen molar-refractivity contribution >= 4 is 45.6 Å². The molecule has 0 radical (unpaired) electrons. The first-order valence-corrected chi connectivity index (χ1v) is 8.98. The molecule has 3 rings (SSSR count). The molecule has 0 bridgehead atoms. The van der Waals surface area contributed by atoms with Gasteiger partial charge in [0.15, 0.2) is 0 Å². The van der Waals surface area contributed by atoms with Crippen LogP contribution in [0.5, 0.6) is 0 Å². The summed E-state index contributed by atoms with van der Waals surface area (Å²) >= 11 is 5.18. The third-order valence-corrected chi connectivity index (χ3v) is 6.51. The van der Waals surface area contributed by atoms with Gasteiger partial charge in [0.05, 0.1) is 12.0 Å². The Labute approximate surface area is 145 Å². The Balaban J connectivity index is 0.00000161. The fourth-order valence-corrected chi connectivity index (χ4v) is 5.29. The van der Waals surface area contributed by atoms with Gasteiger partial charge >= 0.3 is 0 Å². The molecule has 2 heterocycles. The fourth-order valence-electron chi connectivity index (χ4n) is 3.79. The second-order valence-corrected chi connectivity index (χ2v) is 8.03. The van der Waals surface area contributed by atoms with Gasteiger partial charge in [0, 0.05) is 28.3 Å². The van der Waals surface area contributed by atoms with Crippen LogP contribution in [0.15, 0.2) is 15.9 Å². The molecule has 2 aliphatic rings. The number of nitrogens with zero attached hydrogens (tertiary/aromatic N) is 1. The van der Waals surface area contributed by atoms with Gasteiger partial charge in [-0.05, 0) is 47.3 Å². The Morgan fingerprint density at radius 3 is 3.10 bits per heavy atom. The van der Waals surface area contributed by atoms with Crippen LogP contribution in [0.3, 0.4) is 0 Å². The van der Waals surface area contributed by atoms with E-state index in [-0.39, 0.29) is 17.8 Å². The number of amides is 1. The summed E-state index contributed by atoms with van der Waals surface area (Å²) in [6, 6.07) is 2.11. The first-order chi connectivity index (χ1) is 9.62. The van der Waals surface area contributed by atoms with Gasteiger partial charge < -0.3 is 10.2 Å². The molecule has 0 aromatic carbocycles. The molecular weight excluding hydrogens is 372 g/mol. The summed E-state index contributed by atoms with van der Waals surface area (Å²) in [6.07, 6.45) is 4.74. The topological polar surface area (TPSA) is 32.3 Å². The predicted octanol–water partition coefficient (Wildman–Crippen LogP) is 3.67. The van der Waals surface area contributed by atoms with Crippen LogP contribution in [0, 0.1) is 11.3 Å². The maximum Gasteiger partial charge on any atom is 0.230 e.